The molecule has 29 heavy (non-hydrogen) atoms. The molecule has 154 valence electrons. The van der Waals surface area contributed by atoms with Crippen molar-refractivity contribution in [2.75, 3.05) is 17.8 Å². The molecule has 0 unspecified atom stereocenters. The Kier molecular flexibility index (Phi) is 6.53. The summed E-state index contributed by atoms with van der Waals surface area (Å²) in [5.74, 6) is -1.08. The van der Waals surface area contributed by atoms with Crippen molar-refractivity contribution in [2.24, 2.45) is 0 Å². The lowest BCUT2D eigenvalue weighted by molar-refractivity contribution is -0.136. The minimum absolute atomic E-state index is 0.0175. The van der Waals surface area contributed by atoms with Gasteiger partial charge in [0.25, 0.3) is 15.9 Å². The number of anilines is 1. The first-order chi connectivity index (χ1) is 13.9. The number of nitrogens with one attached hydrogen (secondary N) is 1. The molecule has 1 fully saturated rings. The van der Waals surface area contributed by atoms with E-state index < -0.39 is 16.0 Å². The number of rotatable bonds is 7. The zero-order chi connectivity index (χ0) is 20.9. The number of sulfonamides is 1. The predicted molar refractivity (Wildman–Crippen MR) is 109 cm³/mol. The number of carboxylic acids is 1. The van der Waals surface area contributed by atoms with Gasteiger partial charge in [-0.05, 0) is 55.5 Å². The summed E-state index contributed by atoms with van der Waals surface area (Å²) in [6.07, 6.45) is 3.31. The van der Waals surface area contributed by atoms with Crippen molar-refractivity contribution in [3.8, 4) is 0 Å². The van der Waals surface area contributed by atoms with Crippen LogP contribution in [0.3, 0.4) is 0 Å². The van der Waals surface area contributed by atoms with E-state index in [1.807, 2.05) is 0 Å². The van der Waals surface area contributed by atoms with Gasteiger partial charge in [-0.2, -0.15) is 0 Å². The van der Waals surface area contributed by atoms with E-state index in [1.54, 1.807) is 41.3 Å². The number of carbonyl (C=O) groups is 2. The van der Waals surface area contributed by atoms with Crippen molar-refractivity contribution in [1.82, 2.24) is 4.90 Å². The number of nitrogens with zero attached hydrogens (tertiary/aromatic N) is 1. The van der Waals surface area contributed by atoms with E-state index in [0.717, 1.165) is 24.8 Å². The number of hydrogen-bond donors (Lipinski definition) is 2. The second-order valence-electron chi connectivity index (χ2n) is 7.04. The normalized spacial score (nSPS) is 14.4. The van der Waals surface area contributed by atoms with Crippen LogP contribution in [-0.2, 0) is 21.2 Å². The van der Waals surface area contributed by atoms with Gasteiger partial charge in [-0.3, -0.25) is 14.3 Å². The Morgan fingerprint density at radius 2 is 1.62 bits per heavy atom. The number of carboxylic acid groups (broad SMARTS) is 1. The van der Waals surface area contributed by atoms with Crippen LogP contribution < -0.4 is 4.72 Å². The van der Waals surface area contributed by atoms with Crippen molar-refractivity contribution >= 4 is 27.6 Å². The molecule has 2 N–H and O–H groups in total. The second kappa shape index (κ2) is 9.09. The Morgan fingerprint density at radius 1 is 0.966 bits per heavy atom. The maximum atomic E-state index is 12.9. The standard InChI is InChI=1S/C21H24N2O5S/c24-20(25)13-10-16-8-11-17(12-9-16)29(27,28)22-19-7-3-2-6-18(19)21(26)23-14-4-1-5-15-23/h2-3,6-9,11-12,22H,1,4-5,10,13-15H2,(H,24,25). The average molecular weight is 416 g/mol. The quantitative estimate of drug-likeness (QED) is 0.722. The molecule has 1 aliphatic rings. The number of amides is 1. The summed E-state index contributed by atoms with van der Waals surface area (Å²) in [6.45, 7) is 1.36. The number of hydrogen-bond acceptors (Lipinski definition) is 4. The zero-order valence-electron chi connectivity index (χ0n) is 16.0. The Labute approximate surface area is 170 Å². The number of likely N-dealkylation sites (tertiary alicyclic amines) is 1. The lowest BCUT2D eigenvalue weighted by Crippen LogP contribution is -2.36. The van der Waals surface area contributed by atoms with Gasteiger partial charge in [-0.1, -0.05) is 24.3 Å². The monoisotopic (exact) mass is 416 g/mol. The van der Waals surface area contributed by atoms with Crippen LogP contribution in [0.4, 0.5) is 5.69 Å². The molecule has 3 rings (SSSR count). The first-order valence-corrected chi connectivity index (χ1v) is 11.1. The van der Waals surface area contributed by atoms with Crippen molar-refractivity contribution < 1.29 is 23.1 Å². The summed E-state index contributed by atoms with van der Waals surface area (Å²) in [4.78, 5) is 25.3. The number of para-hydroxylation sites is 1. The third-order valence-corrected chi connectivity index (χ3v) is 6.29. The predicted octanol–water partition coefficient (Wildman–Crippen LogP) is 3.13. The molecule has 7 nitrogen and oxygen atoms in total. The van der Waals surface area contributed by atoms with Crippen LogP contribution in [0, 0.1) is 0 Å². The fraction of sp³-hybridized carbons (Fsp3) is 0.333. The van der Waals surface area contributed by atoms with Gasteiger partial charge < -0.3 is 10.0 Å². The number of piperidine rings is 1. The molecule has 2 aromatic carbocycles. The van der Waals surface area contributed by atoms with Crippen molar-refractivity contribution in [2.45, 2.75) is 37.0 Å². The molecule has 0 atom stereocenters. The molecule has 0 bridgehead atoms. The van der Waals surface area contributed by atoms with Crippen LogP contribution >= 0.6 is 0 Å². The average Bonchev–Trinajstić information content (AvgIpc) is 2.73. The van der Waals surface area contributed by atoms with E-state index in [-0.39, 0.29) is 22.9 Å². The van der Waals surface area contributed by atoms with Gasteiger partial charge in [0.1, 0.15) is 0 Å². The third kappa shape index (κ3) is 5.35. The van der Waals surface area contributed by atoms with Gasteiger partial charge in [-0.25, -0.2) is 8.42 Å². The second-order valence-corrected chi connectivity index (χ2v) is 8.72. The van der Waals surface area contributed by atoms with E-state index in [2.05, 4.69) is 4.72 Å². The SMILES string of the molecule is O=C(O)CCc1ccc(S(=O)(=O)Nc2ccccc2C(=O)N2CCCCC2)cc1. The zero-order valence-corrected chi connectivity index (χ0v) is 16.8. The van der Waals surface area contributed by atoms with Crippen LogP contribution in [0.1, 0.15) is 41.6 Å². The molecular formula is C21H24N2O5S. The Hall–Kier alpha value is -2.87. The molecule has 2 aromatic rings. The van der Waals surface area contributed by atoms with Gasteiger partial charge in [0, 0.05) is 19.5 Å². The van der Waals surface area contributed by atoms with Crippen molar-refractivity contribution in [3.05, 3.63) is 59.7 Å². The first-order valence-electron chi connectivity index (χ1n) is 9.59. The minimum atomic E-state index is -3.89. The summed E-state index contributed by atoms with van der Waals surface area (Å²) in [5.41, 5.74) is 1.32. The van der Waals surface area contributed by atoms with E-state index in [0.29, 0.717) is 25.1 Å². The van der Waals surface area contributed by atoms with E-state index in [4.69, 9.17) is 5.11 Å². The van der Waals surface area contributed by atoms with Crippen LogP contribution in [0.25, 0.3) is 0 Å². The van der Waals surface area contributed by atoms with Crippen LogP contribution in [0.5, 0.6) is 0 Å². The van der Waals surface area contributed by atoms with Crippen molar-refractivity contribution in [1.29, 1.82) is 0 Å². The van der Waals surface area contributed by atoms with Gasteiger partial charge in [-0.15, -0.1) is 0 Å². The van der Waals surface area contributed by atoms with E-state index in [1.165, 1.54) is 12.1 Å². The first kappa shape index (κ1) is 20.9. The smallest absolute Gasteiger partial charge is 0.303 e. The highest BCUT2D eigenvalue weighted by Crippen LogP contribution is 2.23. The largest absolute Gasteiger partial charge is 0.481 e. The number of aryl methyl sites for hydroxylation is 1. The Morgan fingerprint density at radius 3 is 2.28 bits per heavy atom. The van der Waals surface area contributed by atoms with Gasteiger partial charge in [0.15, 0.2) is 0 Å². The number of benzene rings is 2. The van der Waals surface area contributed by atoms with Crippen molar-refractivity contribution in [3.63, 3.8) is 0 Å². The summed E-state index contributed by atoms with van der Waals surface area (Å²) < 4.78 is 28.1. The van der Waals surface area contributed by atoms with E-state index in [9.17, 15) is 18.0 Å². The number of carbonyl (C=O) groups excluding carboxylic acids is 1. The lowest BCUT2D eigenvalue weighted by atomic mass is 10.1. The Bertz CT molecular complexity index is 980. The molecule has 8 heteroatoms. The highest BCUT2D eigenvalue weighted by molar-refractivity contribution is 7.92. The Balaban J connectivity index is 1.78. The highest BCUT2D eigenvalue weighted by Gasteiger charge is 2.23. The molecule has 1 heterocycles. The van der Waals surface area contributed by atoms with Crippen LogP contribution in [0.15, 0.2) is 53.4 Å². The van der Waals surface area contributed by atoms with Gasteiger partial charge in [0.2, 0.25) is 0 Å². The molecule has 1 saturated heterocycles. The van der Waals surface area contributed by atoms with Gasteiger partial charge in [0.05, 0.1) is 16.1 Å². The minimum Gasteiger partial charge on any atom is -0.481 e. The van der Waals surface area contributed by atoms with Gasteiger partial charge >= 0.3 is 5.97 Å². The molecular weight excluding hydrogens is 392 g/mol. The summed E-state index contributed by atoms with van der Waals surface area (Å²) >= 11 is 0. The topological polar surface area (TPSA) is 104 Å². The molecule has 1 aliphatic heterocycles. The van der Waals surface area contributed by atoms with Crippen LogP contribution in [-0.4, -0.2) is 43.4 Å². The molecule has 1 amide bonds. The maximum absolute atomic E-state index is 12.9. The lowest BCUT2D eigenvalue weighted by Gasteiger charge is -2.27. The summed E-state index contributed by atoms with van der Waals surface area (Å²) in [7, 11) is -3.89. The summed E-state index contributed by atoms with van der Waals surface area (Å²) in [6, 6.07) is 12.7. The third-order valence-electron chi connectivity index (χ3n) is 4.91. The maximum Gasteiger partial charge on any atom is 0.303 e. The molecule has 0 radical (unpaired) electrons. The highest BCUT2D eigenvalue weighted by atomic mass is 32.2. The van der Waals surface area contributed by atoms with Crippen LogP contribution in [0.2, 0.25) is 0 Å². The molecule has 0 aliphatic carbocycles. The van der Waals surface area contributed by atoms with E-state index >= 15 is 0 Å². The fourth-order valence-electron chi connectivity index (χ4n) is 3.32. The molecule has 0 spiro atoms. The molecule has 0 saturated carbocycles. The molecule has 0 aromatic heterocycles. The fourth-order valence-corrected chi connectivity index (χ4v) is 4.40. The number of aliphatic carboxylic acids is 1. The summed E-state index contributed by atoms with van der Waals surface area (Å²) in [5, 5.41) is 8.75.